The maximum absolute atomic E-state index is 13.6. The molecular formula is C20H20FN3O2. The fourth-order valence-corrected chi connectivity index (χ4v) is 2.84. The highest BCUT2D eigenvalue weighted by Gasteiger charge is 2.44. The predicted molar refractivity (Wildman–Crippen MR) is 96.0 cm³/mol. The van der Waals surface area contributed by atoms with Crippen LogP contribution in [0.25, 0.3) is 10.9 Å². The van der Waals surface area contributed by atoms with Crippen molar-refractivity contribution in [3.63, 3.8) is 0 Å². The number of rotatable bonds is 6. The molecule has 134 valence electrons. The summed E-state index contributed by atoms with van der Waals surface area (Å²) in [4.78, 5) is 18.9. The zero-order chi connectivity index (χ0) is 18.1. The summed E-state index contributed by atoms with van der Waals surface area (Å²) in [5, 5.41) is 4.01. The van der Waals surface area contributed by atoms with E-state index in [-0.39, 0.29) is 17.9 Å². The molecule has 1 aliphatic rings. The predicted octanol–water partition coefficient (Wildman–Crippen LogP) is 3.70. The van der Waals surface area contributed by atoms with E-state index in [1.807, 2.05) is 31.2 Å². The number of aromatic amines is 1. The molecule has 1 saturated carbocycles. The third-order valence-corrected chi connectivity index (χ3v) is 4.87. The Morgan fingerprint density at radius 3 is 2.96 bits per heavy atom. The van der Waals surface area contributed by atoms with Crippen molar-refractivity contribution in [2.75, 3.05) is 0 Å². The first kappa shape index (κ1) is 16.6. The summed E-state index contributed by atoms with van der Waals surface area (Å²) in [7, 11) is 0. The smallest absolute Gasteiger partial charge is 0.226 e. The summed E-state index contributed by atoms with van der Waals surface area (Å²) in [5.41, 5.74) is 2.09. The van der Waals surface area contributed by atoms with Crippen molar-refractivity contribution in [1.29, 1.82) is 0 Å². The highest BCUT2D eigenvalue weighted by molar-refractivity contribution is 5.85. The molecule has 3 aromatic rings. The number of fused-ring (bicyclic) bond motifs is 1. The summed E-state index contributed by atoms with van der Waals surface area (Å²) < 4.78 is 19.2. The number of amides is 1. The van der Waals surface area contributed by atoms with Crippen LogP contribution in [-0.2, 0) is 17.9 Å². The van der Waals surface area contributed by atoms with Crippen molar-refractivity contribution in [3.05, 3.63) is 59.8 Å². The number of halogens is 1. The van der Waals surface area contributed by atoms with Gasteiger partial charge in [0, 0.05) is 34.5 Å². The van der Waals surface area contributed by atoms with Crippen LogP contribution in [0.4, 0.5) is 4.39 Å². The monoisotopic (exact) mass is 353 g/mol. The van der Waals surface area contributed by atoms with Gasteiger partial charge < -0.3 is 15.0 Å². The number of nitrogens with one attached hydrogen (secondary N) is 2. The first-order valence-corrected chi connectivity index (χ1v) is 8.66. The van der Waals surface area contributed by atoms with Gasteiger partial charge in [-0.2, -0.15) is 4.39 Å². The summed E-state index contributed by atoms with van der Waals surface area (Å²) in [6.45, 7) is 2.58. The fourth-order valence-electron chi connectivity index (χ4n) is 2.84. The number of nitrogens with zero attached hydrogens (tertiary/aromatic N) is 1. The first-order chi connectivity index (χ1) is 12.5. The van der Waals surface area contributed by atoms with Gasteiger partial charge in [0.15, 0.2) is 0 Å². The Morgan fingerprint density at radius 2 is 2.19 bits per heavy atom. The fraction of sp³-hybridized carbons (Fsp3) is 0.300. The van der Waals surface area contributed by atoms with Crippen LogP contribution in [0.15, 0.2) is 42.6 Å². The minimum absolute atomic E-state index is 0.110. The van der Waals surface area contributed by atoms with Crippen LogP contribution >= 0.6 is 0 Å². The Bertz CT molecular complexity index is 963. The maximum atomic E-state index is 13.6. The van der Waals surface area contributed by atoms with Crippen LogP contribution in [0.3, 0.4) is 0 Å². The number of pyridine rings is 1. The molecule has 5 nitrogen and oxygen atoms in total. The van der Waals surface area contributed by atoms with Gasteiger partial charge in [0.05, 0.1) is 6.54 Å². The molecule has 6 heteroatoms. The van der Waals surface area contributed by atoms with Crippen molar-refractivity contribution in [1.82, 2.24) is 15.3 Å². The number of hydrogen-bond acceptors (Lipinski definition) is 3. The minimum Gasteiger partial charge on any atom is -0.489 e. The summed E-state index contributed by atoms with van der Waals surface area (Å²) in [6.07, 6.45) is 3.33. The minimum atomic E-state index is -0.518. The number of carbonyl (C=O) groups is 1. The standard InChI is InChI=1S/C20H20FN3O2/c1-20(6-7-20)19(25)23-11-15-9-13-4-5-16(10-17(13)24-15)26-12-14-3-2-8-22-18(14)21/h2-5,8-10,24H,6-7,11-12H2,1H3,(H,23,25). The quantitative estimate of drug-likeness (QED) is 0.664. The number of benzene rings is 1. The lowest BCUT2D eigenvalue weighted by Gasteiger charge is -2.08. The zero-order valence-electron chi connectivity index (χ0n) is 14.5. The van der Waals surface area contributed by atoms with E-state index in [0.29, 0.717) is 17.9 Å². The number of ether oxygens (including phenoxy) is 1. The molecule has 4 rings (SSSR count). The lowest BCUT2D eigenvalue weighted by atomic mass is 10.1. The molecule has 0 aliphatic heterocycles. The van der Waals surface area contributed by atoms with E-state index in [2.05, 4.69) is 15.3 Å². The Labute approximate surface area is 150 Å². The average Bonchev–Trinajstić information content (AvgIpc) is 3.26. The molecular weight excluding hydrogens is 333 g/mol. The second-order valence-corrected chi connectivity index (χ2v) is 7.03. The van der Waals surface area contributed by atoms with Crippen molar-refractivity contribution >= 4 is 16.8 Å². The van der Waals surface area contributed by atoms with Gasteiger partial charge in [-0.15, -0.1) is 0 Å². The molecule has 1 aromatic carbocycles. The lowest BCUT2D eigenvalue weighted by Crippen LogP contribution is -2.29. The van der Waals surface area contributed by atoms with Crippen molar-refractivity contribution in [2.45, 2.75) is 32.9 Å². The molecule has 2 N–H and O–H groups in total. The molecule has 2 heterocycles. The largest absolute Gasteiger partial charge is 0.489 e. The second-order valence-electron chi connectivity index (χ2n) is 7.03. The summed E-state index contributed by atoms with van der Waals surface area (Å²) in [6, 6.07) is 11.0. The second kappa shape index (κ2) is 6.44. The van der Waals surface area contributed by atoms with Gasteiger partial charge in [0.2, 0.25) is 11.9 Å². The Kier molecular flexibility index (Phi) is 4.11. The molecule has 0 bridgehead atoms. The van der Waals surface area contributed by atoms with Crippen molar-refractivity contribution in [3.8, 4) is 5.75 Å². The number of H-pyrrole nitrogens is 1. The van der Waals surface area contributed by atoms with E-state index in [4.69, 9.17) is 4.74 Å². The van der Waals surface area contributed by atoms with Gasteiger partial charge in [0.25, 0.3) is 0 Å². The number of carbonyl (C=O) groups excluding carboxylic acids is 1. The molecule has 0 spiro atoms. The van der Waals surface area contributed by atoms with Crippen LogP contribution in [0.5, 0.6) is 5.75 Å². The van der Waals surface area contributed by atoms with Crippen LogP contribution in [0.1, 0.15) is 31.0 Å². The van der Waals surface area contributed by atoms with Crippen LogP contribution in [0.2, 0.25) is 0 Å². The molecule has 0 atom stereocenters. The zero-order valence-corrected chi connectivity index (χ0v) is 14.5. The summed E-state index contributed by atoms with van der Waals surface area (Å²) >= 11 is 0. The highest BCUT2D eigenvalue weighted by atomic mass is 19.1. The molecule has 1 fully saturated rings. The van der Waals surface area contributed by atoms with E-state index in [9.17, 15) is 9.18 Å². The normalized spacial score (nSPS) is 15.0. The topological polar surface area (TPSA) is 67.0 Å². The van der Waals surface area contributed by atoms with Crippen LogP contribution in [-0.4, -0.2) is 15.9 Å². The van der Waals surface area contributed by atoms with Crippen LogP contribution < -0.4 is 10.1 Å². The lowest BCUT2D eigenvalue weighted by molar-refractivity contribution is -0.125. The SMILES string of the molecule is CC1(C(=O)NCc2cc3ccc(OCc4cccnc4F)cc3[nH]2)CC1. The molecule has 26 heavy (non-hydrogen) atoms. The number of aromatic nitrogens is 2. The van der Waals surface area contributed by atoms with E-state index in [0.717, 1.165) is 29.4 Å². The van der Waals surface area contributed by atoms with Crippen molar-refractivity contribution < 1.29 is 13.9 Å². The maximum Gasteiger partial charge on any atom is 0.226 e. The van der Waals surface area contributed by atoms with E-state index < -0.39 is 5.95 Å². The van der Waals surface area contributed by atoms with E-state index >= 15 is 0 Å². The third kappa shape index (κ3) is 3.40. The summed E-state index contributed by atoms with van der Waals surface area (Å²) in [5.74, 6) is 0.234. The molecule has 0 radical (unpaired) electrons. The molecule has 0 unspecified atom stereocenters. The molecule has 2 aromatic heterocycles. The van der Waals surface area contributed by atoms with Gasteiger partial charge >= 0.3 is 0 Å². The number of hydrogen-bond donors (Lipinski definition) is 2. The van der Waals surface area contributed by atoms with Gasteiger partial charge in [-0.25, -0.2) is 4.98 Å². The van der Waals surface area contributed by atoms with E-state index in [1.54, 1.807) is 12.1 Å². The van der Waals surface area contributed by atoms with Crippen molar-refractivity contribution in [2.24, 2.45) is 5.41 Å². The van der Waals surface area contributed by atoms with Gasteiger partial charge in [0.1, 0.15) is 12.4 Å². The Morgan fingerprint density at radius 1 is 1.35 bits per heavy atom. The average molecular weight is 353 g/mol. The Hall–Kier alpha value is -2.89. The Balaban J connectivity index is 1.42. The molecule has 1 amide bonds. The first-order valence-electron chi connectivity index (χ1n) is 8.66. The van der Waals surface area contributed by atoms with Gasteiger partial charge in [-0.1, -0.05) is 6.92 Å². The third-order valence-electron chi connectivity index (χ3n) is 4.87. The molecule has 0 saturated heterocycles. The highest BCUT2D eigenvalue weighted by Crippen LogP contribution is 2.45. The van der Waals surface area contributed by atoms with Gasteiger partial charge in [-0.05, 0) is 48.6 Å². The van der Waals surface area contributed by atoms with Crippen LogP contribution in [0, 0.1) is 11.4 Å². The van der Waals surface area contributed by atoms with Gasteiger partial charge in [-0.3, -0.25) is 4.79 Å². The molecule has 1 aliphatic carbocycles. The van der Waals surface area contributed by atoms with E-state index in [1.165, 1.54) is 6.20 Å².